The van der Waals surface area contributed by atoms with Gasteiger partial charge in [0.25, 0.3) is 0 Å². The van der Waals surface area contributed by atoms with Crippen molar-refractivity contribution in [2.24, 2.45) is 0 Å². The van der Waals surface area contributed by atoms with Gasteiger partial charge in [0.1, 0.15) is 0 Å². The number of ether oxygens (including phenoxy) is 1. The Morgan fingerprint density at radius 2 is 2.12 bits per heavy atom. The van der Waals surface area contributed by atoms with E-state index in [1.807, 2.05) is 12.1 Å². The molecule has 2 rings (SSSR count). The number of aliphatic hydroxyl groups is 1. The zero-order valence-electron chi connectivity index (χ0n) is 10.6. The molecule has 1 heterocycles. The summed E-state index contributed by atoms with van der Waals surface area (Å²) in [6.07, 6.45) is 5.10. The molecule has 17 heavy (non-hydrogen) atoms. The van der Waals surface area contributed by atoms with Crippen LogP contribution in [0.1, 0.15) is 49.8 Å². The molecule has 1 aromatic carbocycles. The van der Waals surface area contributed by atoms with E-state index in [4.69, 9.17) is 4.74 Å². The van der Waals surface area contributed by atoms with Gasteiger partial charge in [0.05, 0.1) is 12.2 Å². The largest absolute Gasteiger partial charge is 0.388 e. The molecule has 2 unspecified atom stereocenters. The van der Waals surface area contributed by atoms with Crippen LogP contribution in [0.25, 0.3) is 0 Å². The second kappa shape index (κ2) is 6.18. The minimum Gasteiger partial charge on any atom is -0.388 e. The highest BCUT2D eigenvalue weighted by Crippen LogP contribution is 2.25. The number of aryl methyl sites for hydroxylation is 1. The summed E-state index contributed by atoms with van der Waals surface area (Å²) in [5, 5.41) is 10.1. The van der Waals surface area contributed by atoms with Gasteiger partial charge in [-0.2, -0.15) is 0 Å². The molecule has 1 aliphatic rings. The first-order valence-corrected chi connectivity index (χ1v) is 6.68. The molecule has 2 nitrogen and oxygen atoms in total. The lowest BCUT2D eigenvalue weighted by molar-refractivity contribution is 0.0535. The van der Waals surface area contributed by atoms with Crippen LogP contribution in [0.5, 0.6) is 0 Å². The monoisotopic (exact) mass is 234 g/mol. The van der Waals surface area contributed by atoms with Crippen LogP contribution in [0.3, 0.4) is 0 Å². The van der Waals surface area contributed by atoms with Gasteiger partial charge in [0, 0.05) is 13.0 Å². The standard InChI is InChI=1S/C15H22O2/c1-2-4-12-6-8-13(9-7-12)15(16)11-14-5-3-10-17-14/h6-9,14-16H,2-5,10-11H2,1H3. The molecular weight excluding hydrogens is 212 g/mol. The summed E-state index contributed by atoms with van der Waals surface area (Å²) in [5.74, 6) is 0. The first kappa shape index (κ1) is 12.6. The summed E-state index contributed by atoms with van der Waals surface area (Å²) >= 11 is 0. The molecule has 1 N–H and O–H groups in total. The number of hydrogen-bond donors (Lipinski definition) is 1. The Morgan fingerprint density at radius 3 is 2.71 bits per heavy atom. The van der Waals surface area contributed by atoms with Gasteiger partial charge in [-0.15, -0.1) is 0 Å². The van der Waals surface area contributed by atoms with Crippen molar-refractivity contribution in [2.45, 2.75) is 51.2 Å². The average molecular weight is 234 g/mol. The van der Waals surface area contributed by atoms with Crippen LogP contribution in [0.2, 0.25) is 0 Å². The van der Waals surface area contributed by atoms with E-state index in [1.165, 1.54) is 5.56 Å². The number of aliphatic hydroxyl groups excluding tert-OH is 1. The van der Waals surface area contributed by atoms with Crippen LogP contribution in [0.4, 0.5) is 0 Å². The van der Waals surface area contributed by atoms with Crippen LogP contribution < -0.4 is 0 Å². The van der Waals surface area contributed by atoms with Gasteiger partial charge in [0.2, 0.25) is 0 Å². The number of rotatable bonds is 5. The summed E-state index contributed by atoms with van der Waals surface area (Å²) in [4.78, 5) is 0. The molecule has 0 bridgehead atoms. The normalized spacial score (nSPS) is 21.6. The van der Waals surface area contributed by atoms with Crippen LogP contribution in [-0.4, -0.2) is 17.8 Å². The highest BCUT2D eigenvalue weighted by molar-refractivity contribution is 5.24. The SMILES string of the molecule is CCCc1ccc(C(O)CC2CCCO2)cc1. The molecule has 94 valence electrons. The predicted molar refractivity (Wildman–Crippen MR) is 69.0 cm³/mol. The molecule has 1 saturated heterocycles. The average Bonchev–Trinajstić information content (AvgIpc) is 2.83. The second-order valence-corrected chi connectivity index (χ2v) is 4.88. The Balaban J connectivity index is 1.91. The molecule has 0 spiro atoms. The topological polar surface area (TPSA) is 29.5 Å². The molecule has 0 radical (unpaired) electrons. The van der Waals surface area contributed by atoms with Gasteiger partial charge in [-0.25, -0.2) is 0 Å². The van der Waals surface area contributed by atoms with Crippen molar-refractivity contribution >= 4 is 0 Å². The zero-order valence-corrected chi connectivity index (χ0v) is 10.6. The first-order chi connectivity index (χ1) is 8.29. The maximum atomic E-state index is 10.1. The van der Waals surface area contributed by atoms with Crippen molar-refractivity contribution in [2.75, 3.05) is 6.61 Å². The van der Waals surface area contributed by atoms with Crippen LogP contribution in [0, 0.1) is 0 Å². The molecule has 1 aliphatic heterocycles. The maximum Gasteiger partial charge on any atom is 0.0814 e. The van der Waals surface area contributed by atoms with E-state index in [0.717, 1.165) is 44.3 Å². The van der Waals surface area contributed by atoms with E-state index in [2.05, 4.69) is 19.1 Å². The molecule has 2 atom stereocenters. The first-order valence-electron chi connectivity index (χ1n) is 6.68. The van der Waals surface area contributed by atoms with E-state index in [0.29, 0.717) is 0 Å². The van der Waals surface area contributed by atoms with E-state index in [1.54, 1.807) is 0 Å². The van der Waals surface area contributed by atoms with Gasteiger partial charge in [-0.05, 0) is 30.4 Å². The van der Waals surface area contributed by atoms with Gasteiger partial charge < -0.3 is 9.84 Å². The zero-order chi connectivity index (χ0) is 12.1. The third-order valence-corrected chi connectivity index (χ3v) is 3.41. The maximum absolute atomic E-state index is 10.1. The second-order valence-electron chi connectivity index (χ2n) is 4.88. The number of hydrogen-bond acceptors (Lipinski definition) is 2. The minimum absolute atomic E-state index is 0.250. The van der Waals surface area contributed by atoms with E-state index in [9.17, 15) is 5.11 Å². The Hall–Kier alpha value is -0.860. The molecule has 1 aromatic rings. The van der Waals surface area contributed by atoms with Crippen molar-refractivity contribution in [3.8, 4) is 0 Å². The fourth-order valence-corrected chi connectivity index (χ4v) is 2.41. The lowest BCUT2D eigenvalue weighted by atomic mass is 10.00. The van der Waals surface area contributed by atoms with Crippen molar-refractivity contribution in [1.29, 1.82) is 0 Å². The molecule has 0 aromatic heterocycles. The molecule has 0 amide bonds. The van der Waals surface area contributed by atoms with Gasteiger partial charge in [-0.1, -0.05) is 37.6 Å². The fraction of sp³-hybridized carbons (Fsp3) is 0.600. The predicted octanol–water partition coefficient (Wildman–Crippen LogP) is 3.24. The summed E-state index contributed by atoms with van der Waals surface area (Å²) in [6.45, 7) is 3.03. The summed E-state index contributed by atoms with van der Waals surface area (Å²) in [7, 11) is 0. The Morgan fingerprint density at radius 1 is 1.35 bits per heavy atom. The summed E-state index contributed by atoms with van der Waals surface area (Å²) in [6, 6.07) is 8.34. The molecule has 0 saturated carbocycles. The van der Waals surface area contributed by atoms with Crippen LogP contribution >= 0.6 is 0 Å². The van der Waals surface area contributed by atoms with Gasteiger partial charge in [-0.3, -0.25) is 0 Å². The van der Waals surface area contributed by atoms with Crippen molar-refractivity contribution in [1.82, 2.24) is 0 Å². The lowest BCUT2D eigenvalue weighted by Crippen LogP contribution is -2.11. The molecule has 0 aliphatic carbocycles. The van der Waals surface area contributed by atoms with Crippen molar-refractivity contribution < 1.29 is 9.84 Å². The molecular formula is C15H22O2. The highest BCUT2D eigenvalue weighted by atomic mass is 16.5. The Bertz CT molecular complexity index is 325. The van der Waals surface area contributed by atoms with E-state index in [-0.39, 0.29) is 12.2 Å². The lowest BCUT2D eigenvalue weighted by Gasteiger charge is -2.15. The third-order valence-electron chi connectivity index (χ3n) is 3.41. The fourth-order valence-electron chi connectivity index (χ4n) is 2.41. The van der Waals surface area contributed by atoms with E-state index < -0.39 is 0 Å². The van der Waals surface area contributed by atoms with Crippen LogP contribution in [-0.2, 0) is 11.2 Å². The number of benzene rings is 1. The summed E-state index contributed by atoms with van der Waals surface area (Å²) < 4.78 is 5.55. The molecule has 2 heteroatoms. The smallest absolute Gasteiger partial charge is 0.0814 e. The van der Waals surface area contributed by atoms with Crippen molar-refractivity contribution in [3.63, 3.8) is 0 Å². The minimum atomic E-state index is -0.381. The quantitative estimate of drug-likeness (QED) is 0.847. The van der Waals surface area contributed by atoms with Crippen LogP contribution in [0.15, 0.2) is 24.3 Å². The highest BCUT2D eigenvalue weighted by Gasteiger charge is 2.20. The summed E-state index contributed by atoms with van der Waals surface area (Å²) in [5.41, 5.74) is 2.36. The Kier molecular flexibility index (Phi) is 4.57. The molecule has 1 fully saturated rings. The van der Waals surface area contributed by atoms with Crippen molar-refractivity contribution in [3.05, 3.63) is 35.4 Å². The van der Waals surface area contributed by atoms with Gasteiger partial charge >= 0.3 is 0 Å². The Labute approximate surface area is 104 Å². The third kappa shape index (κ3) is 3.55. The van der Waals surface area contributed by atoms with E-state index >= 15 is 0 Å². The van der Waals surface area contributed by atoms with Gasteiger partial charge in [0.15, 0.2) is 0 Å².